The molecule has 0 aromatic carbocycles. The molecule has 1 atom stereocenters. The molecule has 0 saturated heterocycles. The minimum Gasteiger partial charge on any atom is -0.326 e. The van der Waals surface area contributed by atoms with Crippen molar-refractivity contribution in [3.05, 3.63) is 0 Å². The van der Waals surface area contributed by atoms with Crippen molar-refractivity contribution in [1.29, 1.82) is 0 Å². The largest absolute Gasteiger partial charge is 0.326 e. The molecule has 1 rings (SSSR count). The Morgan fingerprint density at radius 3 is 1.92 bits per heavy atom. The van der Waals surface area contributed by atoms with Gasteiger partial charge in [0.15, 0.2) is 0 Å². The minimum atomic E-state index is 0.286. The van der Waals surface area contributed by atoms with Crippen LogP contribution < -0.4 is 5.73 Å². The van der Waals surface area contributed by atoms with Gasteiger partial charge in [-0.15, -0.1) is 0 Å². The predicted molar refractivity (Wildman–Crippen MR) is 57.7 cm³/mol. The van der Waals surface area contributed by atoms with Gasteiger partial charge in [0.2, 0.25) is 0 Å². The van der Waals surface area contributed by atoms with E-state index in [-0.39, 0.29) is 5.54 Å². The summed E-state index contributed by atoms with van der Waals surface area (Å²) in [6.45, 7) is 4.46. The van der Waals surface area contributed by atoms with Crippen LogP contribution in [0.15, 0.2) is 0 Å². The molecule has 1 fully saturated rings. The molecule has 0 bridgehead atoms. The van der Waals surface area contributed by atoms with Crippen LogP contribution >= 0.6 is 0 Å². The smallest absolute Gasteiger partial charge is 0.0356 e. The quantitative estimate of drug-likeness (QED) is 0.725. The van der Waals surface area contributed by atoms with Crippen molar-refractivity contribution in [3.8, 4) is 0 Å². The molecule has 1 unspecified atom stereocenters. The first-order valence-corrected chi connectivity index (χ1v) is 5.44. The predicted octanol–water partition coefficient (Wildman–Crippen LogP) is 1.84. The first-order chi connectivity index (χ1) is 6.00. The molecule has 0 aromatic rings. The molecule has 0 amide bonds. The summed E-state index contributed by atoms with van der Waals surface area (Å²) in [6.07, 6.45) is 5.25. The van der Waals surface area contributed by atoms with E-state index in [0.717, 1.165) is 0 Å². The van der Waals surface area contributed by atoms with Gasteiger partial charge in [-0.1, -0.05) is 26.7 Å². The van der Waals surface area contributed by atoms with E-state index in [9.17, 15) is 0 Å². The molecule has 1 saturated carbocycles. The van der Waals surface area contributed by atoms with Crippen LogP contribution in [-0.4, -0.2) is 30.6 Å². The first-order valence-electron chi connectivity index (χ1n) is 5.44. The zero-order chi connectivity index (χ0) is 10.1. The zero-order valence-corrected chi connectivity index (χ0v) is 9.51. The summed E-state index contributed by atoms with van der Waals surface area (Å²) in [5.41, 5.74) is 6.60. The number of nitrogens with zero attached hydrogens (tertiary/aromatic N) is 1. The van der Waals surface area contributed by atoms with E-state index in [4.69, 9.17) is 5.73 Å². The summed E-state index contributed by atoms with van der Waals surface area (Å²) in [6, 6.07) is 0.324. The SMILES string of the molecule is CC(C)C(N)C1(N(C)C)CCCC1. The van der Waals surface area contributed by atoms with Crippen molar-refractivity contribution in [2.45, 2.75) is 51.1 Å². The van der Waals surface area contributed by atoms with E-state index in [0.29, 0.717) is 12.0 Å². The summed E-state index contributed by atoms with van der Waals surface area (Å²) in [5, 5.41) is 0. The Morgan fingerprint density at radius 1 is 1.15 bits per heavy atom. The molecule has 0 spiro atoms. The molecule has 0 radical (unpaired) electrons. The third-order valence-electron chi connectivity index (χ3n) is 3.70. The van der Waals surface area contributed by atoms with Crippen LogP contribution in [0.3, 0.4) is 0 Å². The molecule has 1 aliphatic rings. The van der Waals surface area contributed by atoms with Crippen molar-refractivity contribution in [1.82, 2.24) is 4.90 Å². The van der Waals surface area contributed by atoms with Crippen molar-refractivity contribution in [3.63, 3.8) is 0 Å². The normalized spacial score (nSPS) is 24.2. The second kappa shape index (κ2) is 3.97. The van der Waals surface area contributed by atoms with Crippen LogP contribution in [0.2, 0.25) is 0 Å². The Morgan fingerprint density at radius 2 is 1.62 bits per heavy atom. The van der Waals surface area contributed by atoms with Crippen molar-refractivity contribution in [2.24, 2.45) is 11.7 Å². The lowest BCUT2D eigenvalue weighted by atomic mass is 9.81. The second-order valence-corrected chi connectivity index (χ2v) is 4.97. The summed E-state index contributed by atoms with van der Waals surface area (Å²) in [5.74, 6) is 0.584. The molecule has 1 aliphatic carbocycles. The van der Waals surface area contributed by atoms with Gasteiger partial charge >= 0.3 is 0 Å². The lowest BCUT2D eigenvalue weighted by molar-refractivity contribution is 0.102. The molecule has 13 heavy (non-hydrogen) atoms. The van der Waals surface area contributed by atoms with E-state index in [1.165, 1.54) is 25.7 Å². The molecule has 0 heterocycles. The zero-order valence-electron chi connectivity index (χ0n) is 9.51. The van der Waals surface area contributed by atoms with Gasteiger partial charge in [0.1, 0.15) is 0 Å². The summed E-state index contributed by atoms with van der Waals surface area (Å²) in [7, 11) is 4.35. The van der Waals surface area contributed by atoms with Crippen LogP contribution in [0.4, 0.5) is 0 Å². The Hall–Kier alpha value is -0.0800. The highest BCUT2D eigenvalue weighted by molar-refractivity contribution is 5.01. The van der Waals surface area contributed by atoms with Gasteiger partial charge in [-0.3, -0.25) is 0 Å². The standard InChI is InChI=1S/C11H24N2/c1-9(2)10(12)11(13(3)4)7-5-6-8-11/h9-10H,5-8,12H2,1-4H3. The van der Waals surface area contributed by atoms with Gasteiger partial charge < -0.3 is 10.6 Å². The fourth-order valence-corrected chi connectivity index (χ4v) is 2.69. The van der Waals surface area contributed by atoms with Gasteiger partial charge in [0.25, 0.3) is 0 Å². The molecule has 0 aliphatic heterocycles. The molecular formula is C11H24N2. The van der Waals surface area contributed by atoms with E-state index in [1.807, 2.05) is 0 Å². The number of hydrogen-bond acceptors (Lipinski definition) is 2. The number of nitrogens with two attached hydrogens (primary N) is 1. The summed E-state index contributed by atoms with van der Waals surface area (Å²) in [4.78, 5) is 2.35. The first kappa shape index (κ1) is 11.0. The van der Waals surface area contributed by atoms with Crippen LogP contribution in [0.25, 0.3) is 0 Å². The highest BCUT2D eigenvalue weighted by Crippen LogP contribution is 2.37. The fourth-order valence-electron chi connectivity index (χ4n) is 2.69. The topological polar surface area (TPSA) is 29.3 Å². The number of likely N-dealkylation sites (N-methyl/N-ethyl adjacent to an activating group) is 1. The molecule has 0 aromatic heterocycles. The van der Waals surface area contributed by atoms with E-state index < -0.39 is 0 Å². The van der Waals surface area contributed by atoms with Crippen LogP contribution in [0.5, 0.6) is 0 Å². The van der Waals surface area contributed by atoms with Crippen molar-refractivity contribution < 1.29 is 0 Å². The van der Waals surface area contributed by atoms with E-state index in [2.05, 4.69) is 32.8 Å². The van der Waals surface area contributed by atoms with E-state index in [1.54, 1.807) is 0 Å². The maximum atomic E-state index is 6.32. The monoisotopic (exact) mass is 184 g/mol. The van der Waals surface area contributed by atoms with Gasteiger partial charge in [-0.2, -0.15) is 0 Å². The lowest BCUT2D eigenvalue weighted by Gasteiger charge is -2.43. The molecular weight excluding hydrogens is 160 g/mol. The molecule has 78 valence electrons. The summed E-state index contributed by atoms with van der Waals surface area (Å²) < 4.78 is 0. The fraction of sp³-hybridized carbons (Fsp3) is 1.00. The van der Waals surface area contributed by atoms with Gasteiger partial charge in [-0.25, -0.2) is 0 Å². The summed E-state index contributed by atoms with van der Waals surface area (Å²) >= 11 is 0. The number of hydrogen-bond donors (Lipinski definition) is 1. The maximum absolute atomic E-state index is 6.32. The third-order valence-corrected chi connectivity index (χ3v) is 3.70. The minimum absolute atomic E-state index is 0.286. The van der Waals surface area contributed by atoms with Gasteiger partial charge in [0.05, 0.1) is 0 Å². The van der Waals surface area contributed by atoms with Crippen LogP contribution in [0.1, 0.15) is 39.5 Å². The highest BCUT2D eigenvalue weighted by Gasteiger charge is 2.42. The van der Waals surface area contributed by atoms with Crippen molar-refractivity contribution in [2.75, 3.05) is 14.1 Å². The molecule has 2 heteroatoms. The maximum Gasteiger partial charge on any atom is 0.0356 e. The molecule has 2 nitrogen and oxygen atoms in total. The highest BCUT2D eigenvalue weighted by atomic mass is 15.2. The number of rotatable bonds is 3. The average molecular weight is 184 g/mol. The lowest BCUT2D eigenvalue weighted by Crippen LogP contribution is -2.57. The van der Waals surface area contributed by atoms with Crippen LogP contribution in [0, 0.1) is 5.92 Å². The Kier molecular flexibility index (Phi) is 3.36. The Balaban J connectivity index is 2.78. The van der Waals surface area contributed by atoms with Gasteiger partial charge in [-0.05, 0) is 32.9 Å². The second-order valence-electron chi connectivity index (χ2n) is 4.97. The van der Waals surface area contributed by atoms with Gasteiger partial charge in [0, 0.05) is 11.6 Å². The van der Waals surface area contributed by atoms with Crippen molar-refractivity contribution >= 4 is 0 Å². The third kappa shape index (κ3) is 1.89. The average Bonchev–Trinajstić information content (AvgIpc) is 2.51. The Bertz CT molecular complexity index is 157. The Labute approximate surface area is 82.5 Å². The van der Waals surface area contributed by atoms with E-state index >= 15 is 0 Å². The molecule has 2 N–H and O–H groups in total. The van der Waals surface area contributed by atoms with Crippen LogP contribution in [-0.2, 0) is 0 Å².